The van der Waals surface area contributed by atoms with Crippen molar-refractivity contribution in [3.8, 4) is 0 Å². The first kappa shape index (κ1) is 109. The molecule has 17 rings (SSSR count). The highest BCUT2D eigenvalue weighted by Crippen LogP contribution is 2.59. The fourth-order valence-corrected chi connectivity index (χ4v) is 26.8. The molecule has 7 unspecified atom stereocenters. The number of aromatic nitrogens is 20. The average Bonchev–Trinajstić information content (AvgIpc) is 1.65. The van der Waals surface area contributed by atoms with Gasteiger partial charge in [-0.2, -0.15) is 4.98 Å². The van der Waals surface area contributed by atoms with E-state index >= 15 is 0 Å². The molecule has 0 radical (unpaired) electrons. The Bertz CT molecular complexity index is 7400. The first-order valence-corrected chi connectivity index (χ1v) is 61.8. The van der Waals surface area contributed by atoms with Crippen molar-refractivity contribution >= 4 is 186 Å². The number of anilines is 4. The molecule has 7 aliphatic rings. The number of nitrogens with zero attached hydrogens (tertiary/aromatic N) is 17. The van der Waals surface area contributed by atoms with Crippen LogP contribution in [0.25, 0.3) is 33.5 Å². The Labute approximate surface area is 851 Å². The van der Waals surface area contributed by atoms with Gasteiger partial charge in [-0.25, -0.2) is 64.0 Å². The SMILES string of the molecule is CC[C@H]1O[C@@H](n2cc(C)c(=O)[nH]c2=O)C[C@H]1OP(O)(=S)OC[C@H]1O[C@@H](n2cc(C)c(N)nc2=O)C[C@H]1OP(O)(=S)OC[C@H]1O[C@@H](n2cnc3c(N)ncnc32)C[C@H]1OP(O)(=S)OC[C@H]1O[C@@H](n2cnc3c(N)ncnc32)C[C@H]1OP(O)(=S)OC[C@H]1O[C@@H](n2cc(C)c(=O)[nH]c2=O)C[C@H]1OP(O)(=S)OC[C@H]1O[C@@H](n2cnc3c(N)ncnc32)C[C@H]1OP(O)(=S)OC[C@H]1O[C@@H](n2cc(C)c(=O)[nH]c2=O)C[C@H]1OP(O)(=S)OC. The molecule has 7 aliphatic heterocycles. The van der Waals surface area contributed by atoms with Gasteiger partial charge in [-0.3, -0.25) is 61.3 Å². The van der Waals surface area contributed by atoms with E-state index in [1.54, 1.807) is 13.8 Å². The number of fused-ring (bicyclic) bond motifs is 3. The van der Waals surface area contributed by atoms with Crippen LogP contribution < -0.4 is 62.4 Å². The van der Waals surface area contributed by atoms with Crippen molar-refractivity contribution in [1.29, 1.82) is 0 Å². The van der Waals surface area contributed by atoms with Crippen LogP contribution in [-0.4, -0.2) is 263 Å². The van der Waals surface area contributed by atoms with Gasteiger partial charge in [0.15, 0.2) is 34.4 Å². The third-order valence-corrected chi connectivity index (χ3v) is 35.4. The summed E-state index contributed by atoms with van der Waals surface area (Å²) in [6.07, 6.45) is -14.5. The van der Waals surface area contributed by atoms with Gasteiger partial charge < -0.3 is 154 Å². The number of hydrogen-bond donors (Lipinski definition) is 14. The number of H-pyrrole nitrogens is 3. The van der Waals surface area contributed by atoms with Crippen molar-refractivity contribution in [2.45, 2.75) is 215 Å². The Morgan fingerprint density at radius 2 is 0.559 bits per heavy atom. The number of nitrogens with one attached hydrogen (secondary N) is 3. The maximum absolute atomic E-state index is 13.6. The predicted molar refractivity (Wildman–Crippen MR) is 527 cm³/mol. The largest absolute Gasteiger partial charge is 0.383 e. The molecule has 0 saturated carbocycles. The van der Waals surface area contributed by atoms with Gasteiger partial charge in [0.05, 0.1) is 107 Å². The van der Waals surface area contributed by atoms with Crippen LogP contribution in [0.5, 0.6) is 0 Å². The summed E-state index contributed by atoms with van der Waals surface area (Å²) in [4.78, 5) is 223. The number of aromatic amines is 3. The monoisotopic (exact) mass is 2300 g/mol. The molecule has 10 aromatic rings. The van der Waals surface area contributed by atoms with Crippen LogP contribution in [0, 0.1) is 27.7 Å². The van der Waals surface area contributed by atoms with Crippen LogP contribution in [-0.2, 0) is 179 Å². The van der Waals surface area contributed by atoms with Crippen molar-refractivity contribution in [3.63, 3.8) is 0 Å². The molecule has 0 bridgehead atoms. The summed E-state index contributed by atoms with van der Waals surface area (Å²) >= 11 is 39.2. The maximum Gasteiger partial charge on any atom is 0.351 e. The Balaban J connectivity index is 0.584. The van der Waals surface area contributed by atoms with Gasteiger partial charge in [-0.15, -0.1) is 0 Å². The van der Waals surface area contributed by atoms with E-state index in [2.05, 4.69) is 64.8 Å². The molecule has 0 spiro atoms. The lowest BCUT2D eigenvalue weighted by Gasteiger charge is -2.29. The van der Waals surface area contributed by atoms with Crippen molar-refractivity contribution in [2.24, 2.45) is 0 Å². The first-order valence-electron chi connectivity index (χ1n) is 43.6. The fourth-order valence-electron chi connectivity index (χ4n) is 17.0. The van der Waals surface area contributed by atoms with E-state index < -0.39 is 255 Å². The number of aryl methyl sites for hydroxylation is 4. The van der Waals surface area contributed by atoms with E-state index in [1.165, 1.54) is 102 Å². The van der Waals surface area contributed by atoms with Gasteiger partial charge in [-0.1, -0.05) is 6.92 Å². The molecular formula is C72H95N24O35P7S7. The zero-order chi connectivity index (χ0) is 104. The normalized spacial score (nSPS) is 29.6. The molecule has 18 N–H and O–H groups in total. The summed E-state index contributed by atoms with van der Waals surface area (Å²) in [7, 11) is 1.11. The van der Waals surface area contributed by atoms with Gasteiger partial charge in [-0.05, 0) is 117 Å². The Hall–Kier alpha value is -6.80. The number of ether oxygens (including phenoxy) is 7. The molecule has 7 saturated heterocycles. The number of nitrogens with two attached hydrogens (primary N) is 4. The number of imidazole rings is 3. The molecule has 7 fully saturated rings. The lowest BCUT2D eigenvalue weighted by atomic mass is 10.1. The molecule has 17 heterocycles. The number of rotatable bonds is 41. The third kappa shape index (κ3) is 25.4. The molecule has 59 nitrogen and oxygen atoms in total. The van der Waals surface area contributed by atoms with Gasteiger partial charge in [0.1, 0.15) is 122 Å². The third-order valence-electron chi connectivity index (χ3n) is 24.1. The predicted octanol–water partition coefficient (Wildman–Crippen LogP) is 1.36. The van der Waals surface area contributed by atoms with Crippen molar-refractivity contribution in [2.75, 3.05) is 69.7 Å². The van der Waals surface area contributed by atoms with Crippen LogP contribution in [0.15, 0.2) is 96.3 Å². The van der Waals surface area contributed by atoms with E-state index in [9.17, 15) is 67.8 Å². The summed E-state index contributed by atoms with van der Waals surface area (Å²) in [6.45, 7) is -28.0. The molecule has 790 valence electrons. The highest BCUT2D eigenvalue weighted by atomic mass is 32.5. The van der Waals surface area contributed by atoms with Gasteiger partial charge >= 0.3 is 69.8 Å². The highest BCUT2D eigenvalue weighted by Gasteiger charge is 2.52. The van der Waals surface area contributed by atoms with Crippen LogP contribution in [0.2, 0.25) is 0 Å². The molecule has 10 aromatic heterocycles. The molecule has 28 atom stereocenters. The molecule has 73 heteroatoms. The standard InChI is InChI=1S/C72H95N24O35P7S7/c1-7-35-36(8-49(118-35)91-16-32(3)66(97)87-70(91)101)126-133(105,140)112-20-44-38(10-50(120-44)90-15-31(2)59(73)86-69(90)100)127-134(106,141)115-22-47-42(14-55(123-47)96-30-85-58-62(76)79-27-82-65(58)96)131-138(110,145)117-24-48-41(13-54(124-48)95-29-84-57-61(75)78-26-81-64(57)95)130-137(109,144)114-21-45-39(11-52(121-45)93-18-34(5)68(99)89-72(93)103)128-135(107,142)116-23-46-40(12-53(122-46)94-28-83-56-60(74)77-25-80-63(56)94)129-136(108,143)113-19-43-37(125-132(104,139)111-6)9-51(119-43)92-17-33(4)67(98)88-71(92)102/h15-18,25-30,35-55H,7-14,19-24H2,1-6H3,(H,104,139)(H,105,140)(H,106,141)(H,107,142)(H,108,143)(H,109,144)(H,110,145)(H2,73,86,100)(H2,74,77,80)(H2,75,78,81)(H2,76,79,82)(H,87,97,101)(H,88,98,102)(H,89,99,103)/t35-,36-,37-,38-,39-,40-,41-,42-,43-,44-,45-,46-,47-,48-,49-,50-,51-,52-,53-,54-,55-,132?,133?,134?,135?,136?,137?,138?/m1/s1. The first-order chi connectivity index (χ1) is 68.4. The van der Waals surface area contributed by atoms with Gasteiger partial charge in [0.25, 0.3) is 16.7 Å². The van der Waals surface area contributed by atoms with Crippen LogP contribution in [0.3, 0.4) is 0 Å². The van der Waals surface area contributed by atoms with Crippen LogP contribution in [0.1, 0.15) is 124 Å². The van der Waals surface area contributed by atoms with E-state index in [0.717, 1.165) is 20.8 Å². The highest BCUT2D eigenvalue weighted by molar-refractivity contribution is 8.09. The summed E-state index contributed by atoms with van der Waals surface area (Å²) < 4.78 is 138. The van der Waals surface area contributed by atoms with Crippen molar-refractivity contribution < 1.29 is 131 Å². The van der Waals surface area contributed by atoms with Gasteiger partial charge in [0, 0.05) is 99.1 Å². The molecule has 0 aromatic carbocycles. The summed E-state index contributed by atoms with van der Waals surface area (Å²) in [5.41, 5.74) is 21.1. The van der Waals surface area contributed by atoms with Gasteiger partial charge in [0.2, 0.25) is 0 Å². The van der Waals surface area contributed by atoms with E-state index in [-0.39, 0.29) is 118 Å². The maximum atomic E-state index is 13.6. The second kappa shape index (κ2) is 44.1. The fraction of sp³-hybridized carbons (Fsp3) is 0.569. The Morgan fingerprint density at radius 1 is 0.331 bits per heavy atom. The second-order valence-corrected chi connectivity index (χ2v) is 53.5. The minimum atomic E-state index is -4.71. The summed E-state index contributed by atoms with van der Waals surface area (Å²) in [5.74, 6) is -0.0648. The van der Waals surface area contributed by atoms with Crippen LogP contribution in [0.4, 0.5) is 23.3 Å². The van der Waals surface area contributed by atoms with E-state index in [0.29, 0.717) is 12.0 Å². The van der Waals surface area contributed by atoms with E-state index in [1.807, 2.05) is 0 Å². The minimum absolute atomic E-state index is 0.00421. The zero-order valence-corrected chi connectivity index (χ0v) is 88.2. The molecule has 0 amide bonds. The second-order valence-electron chi connectivity index (χ2n) is 33.9. The number of hydrogen-bond acceptors (Lipinski definition) is 49. The van der Waals surface area contributed by atoms with Crippen LogP contribution >= 0.6 is 47.0 Å². The smallest absolute Gasteiger partial charge is 0.351 e. The average molecular weight is 2300 g/mol. The lowest BCUT2D eigenvalue weighted by Crippen LogP contribution is -2.33. The van der Waals surface area contributed by atoms with E-state index in [4.69, 9.17) is 202 Å². The molecule has 0 aliphatic carbocycles. The zero-order valence-electron chi connectivity index (χ0n) is 76.3. The quantitative estimate of drug-likeness (QED) is 0.0241. The Morgan fingerprint density at radius 3 is 0.814 bits per heavy atom. The summed E-state index contributed by atoms with van der Waals surface area (Å²) in [6, 6.07) is 0. The van der Waals surface area contributed by atoms with Crippen molar-refractivity contribution in [1.82, 2.24) is 96.8 Å². The molecular weight excluding hydrogens is 2200 g/mol. The molecule has 145 heavy (non-hydrogen) atoms. The topological polar surface area (TPSA) is 770 Å². The lowest BCUT2D eigenvalue weighted by molar-refractivity contribution is -0.0570. The minimum Gasteiger partial charge on any atom is -0.383 e. The number of nitrogen functional groups attached to an aromatic ring is 4. The Kier molecular flexibility index (Phi) is 33.3. The summed E-state index contributed by atoms with van der Waals surface area (Å²) in [5, 5.41) is 0. The van der Waals surface area contributed by atoms with Crippen molar-refractivity contribution in [3.05, 3.63) is 158 Å².